The first-order valence-corrected chi connectivity index (χ1v) is 8.16. The van der Waals surface area contributed by atoms with Gasteiger partial charge in [0.05, 0.1) is 12.1 Å². The molecule has 2 fully saturated rings. The SMILES string of the molecule is CC(c1ccccc1)N1C(=O)[C@@H]2[C@@H]1CCN2C(=O)OC(C)(C)C. The number of carbonyl (C=O) groups is 2. The van der Waals surface area contributed by atoms with Gasteiger partial charge in [0.2, 0.25) is 5.91 Å². The third-order valence-corrected chi connectivity index (χ3v) is 4.56. The molecule has 124 valence electrons. The van der Waals surface area contributed by atoms with Gasteiger partial charge in [-0.2, -0.15) is 0 Å². The fourth-order valence-corrected chi connectivity index (χ4v) is 3.49. The molecule has 0 N–H and O–H groups in total. The topological polar surface area (TPSA) is 49.9 Å². The molecule has 2 aliphatic heterocycles. The average molecular weight is 316 g/mol. The van der Waals surface area contributed by atoms with Crippen LogP contribution in [0.15, 0.2) is 30.3 Å². The van der Waals surface area contributed by atoms with E-state index in [0.717, 1.165) is 12.0 Å². The lowest BCUT2D eigenvalue weighted by Gasteiger charge is -2.48. The third kappa shape index (κ3) is 2.80. The van der Waals surface area contributed by atoms with Crippen LogP contribution in [0.1, 0.15) is 45.7 Å². The summed E-state index contributed by atoms with van der Waals surface area (Å²) in [6.07, 6.45) is 0.428. The molecule has 5 nitrogen and oxygen atoms in total. The number of amides is 2. The smallest absolute Gasteiger partial charge is 0.411 e. The van der Waals surface area contributed by atoms with E-state index in [1.807, 2.05) is 62.9 Å². The van der Waals surface area contributed by atoms with Gasteiger partial charge in [0.25, 0.3) is 0 Å². The van der Waals surface area contributed by atoms with E-state index in [1.165, 1.54) is 0 Å². The fraction of sp³-hybridized carbons (Fsp3) is 0.556. The van der Waals surface area contributed by atoms with Crippen LogP contribution >= 0.6 is 0 Å². The second-order valence-corrected chi connectivity index (χ2v) is 7.31. The molecule has 2 saturated heterocycles. The summed E-state index contributed by atoms with van der Waals surface area (Å²) in [5, 5.41) is 0. The molecule has 1 aromatic carbocycles. The Morgan fingerprint density at radius 3 is 2.52 bits per heavy atom. The van der Waals surface area contributed by atoms with Crippen molar-refractivity contribution >= 4 is 12.0 Å². The van der Waals surface area contributed by atoms with Crippen molar-refractivity contribution in [2.24, 2.45) is 0 Å². The quantitative estimate of drug-likeness (QED) is 0.788. The Morgan fingerprint density at radius 1 is 1.26 bits per heavy atom. The van der Waals surface area contributed by atoms with Gasteiger partial charge in [-0.15, -0.1) is 0 Å². The second-order valence-electron chi connectivity index (χ2n) is 7.31. The van der Waals surface area contributed by atoms with Gasteiger partial charge in [-0.05, 0) is 39.7 Å². The molecular weight excluding hydrogens is 292 g/mol. The summed E-state index contributed by atoms with van der Waals surface area (Å²) in [6.45, 7) is 8.13. The molecule has 0 radical (unpaired) electrons. The van der Waals surface area contributed by atoms with E-state index in [9.17, 15) is 9.59 Å². The van der Waals surface area contributed by atoms with Crippen LogP contribution in [0.5, 0.6) is 0 Å². The predicted octanol–water partition coefficient (Wildman–Crippen LogP) is 2.97. The Bertz CT molecular complexity index is 608. The van der Waals surface area contributed by atoms with E-state index in [0.29, 0.717) is 6.54 Å². The summed E-state index contributed by atoms with van der Waals surface area (Å²) >= 11 is 0. The molecule has 1 aromatic rings. The van der Waals surface area contributed by atoms with Gasteiger partial charge < -0.3 is 9.64 Å². The van der Waals surface area contributed by atoms with Crippen molar-refractivity contribution in [2.75, 3.05) is 6.54 Å². The molecule has 3 rings (SSSR count). The van der Waals surface area contributed by atoms with Gasteiger partial charge in [0.1, 0.15) is 11.6 Å². The molecule has 0 spiro atoms. The van der Waals surface area contributed by atoms with Crippen LogP contribution in [0, 0.1) is 0 Å². The van der Waals surface area contributed by atoms with Crippen molar-refractivity contribution in [3.05, 3.63) is 35.9 Å². The van der Waals surface area contributed by atoms with Crippen LogP contribution in [-0.4, -0.2) is 46.0 Å². The standard InChI is InChI=1S/C18H24N2O3/c1-12(13-8-6-5-7-9-13)20-14-10-11-19(15(14)16(20)21)17(22)23-18(2,3)4/h5-9,12,14-15H,10-11H2,1-4H3/t12?,14-,15-/m0/s1. The van der Waals surface area contributed by atoms with Crippen molar-refractivity contribution in [2.45, 2.75) is 57.8 Å². The first-order chi connectivity index (χ1) is 10.8. The van der Waals surface area contributed by atoms with Crippen molar-refractivity contribution in [1.82, 2.24) is 9.80 Å². The minimum absolute atomic E-state index is 0.0229. The lowest BCUT2D eigenvalue weighted by molar-refractivity contribution is -0.157. The van der Waals surface area contributed by atoms with E-state index in [4.69, 9.17) is 4.74 Å². The summed E-state index contributed by atoms with van der Waals surface area (Å²) in [5.41, 5.74) is 0.578. The van der Waals surface area contributed by atoms with E-state index in [-0.39, 0.29) is 30.1 Å². The zero-order chi connectivity index (χ0) is 16.8. The Balaban J connectivity index is 1.71. The summed E-state index contributed by atoms with van der Waals surface area (Å²) in [6, 6.07) is 9.78. The number of rotatable bonds is 2. The monoisotopic (exact) mass is 316 g/mol. The number of β-lactam (4-membered cyclic amide) rings is 1. The number of benzene rings is 1. The number of nitrogens with zero attached hydrogens (tertiary/aromatic N) is 2. The Hall–Kier alpha value is -2.04. The number of carbonyl (C=O) groups excluding carboxylic acids is 2. The van der Waals surface area contributed by atoms with Crippen LogP contribution in [0.25, 0.3) is 0 Å². The van der Waals surface area contributed by atoms with Gasteiger partial charge in [0.15, 0.2) is 0 Å². The first-order valence-electron chi connectivity index (χ1n) is 8.16. The first kappa shape index (κ1) is 15.8. The molecule has 2 amide bonds. The molecule has 3 atom stereocenters. The maximum atomic E-state index is 12.6. The largest absolute Gasteiger partial charge is 0.444 e. The average Bonchev–Trinajstić information content (AvgIpc) is 2.86. The molecular formula is C18H24N2O3. The van der Waals surface area contributed by atoms with Gasteiger partial charge in [-0.25, -0.2) is 4.79 Å². The Labute approximate surface area is 137 Å². The van der Waals surface area contributed by atoms with Gasteiger partial charge in [0, 0.05) is 6.54 Å². The highest BCUT2D eigenvalue weighted by Crippen LogP contribution is 2.40. The zero-order valence-electron chi connectivity index (χ0n) is 14.2. The number of likely N-dealkylation sites (tertiary alicyclic amines) is 2. The Morgan fingerprint density at radius 2 is 1.91 bits per heavy atom. The molecule has 2 aliphatic rings. The van der Waals surface area contributed by atoms with Crippen molar-refractivity contribution < 1.29 is 14.3 Å². The number of hydrogen-bond donors (Lipinski definition) is 0. The lowest BCUT2D eigenvalue weighted by Crippen LogP contribution is -2.67. The molecule has 1 unspecified atom stereocenters. The van der Waals surface area contributed by atoms with Crippen LogP contribution < -0.4 is 0 Å². The minimum Gasteiger partial charge on any atom is -0.444 e. The molecule has 23 heavy (non-hydrogen) atoms. The Kier molecular flexibility index (Phi) is 3.82. The summed E-state index contributed by atoms with van der Waals surface area (Å²) in [4.78, 5) is 28.4. The molecule has 0 aliphatic carbocycles. The number of ether oxygens (including phenoxy) is 1. The molecule has 5 heteroatoms. The van der Waals surface area contributed by atoms with E-state index < -0.39 is 5.60 Å². The highest BCUT2D eigenvalue weighted by atomic mass is 16.6. The van der Waals surface area contributed by atoms with E-state index in [1.54, 1.807) is 4.90 Å². The highest BCUT2D eigenvalue weighted by Gasteiger charge is 2.57. The number of hydrogen-bond acceptors (Lipinski definition) is 3. The van der Waals surface area contributed by atoms with Gasteiger partial charge in [-0.3, -0.25) is 9.69 Å². The van der Waals surface area contributed by atoms with Crippen LogP contribution in [0.4, 0.5) is 4.79 Å². The van der Waals surface area contributed by atoms with Gasteiger partial charge >= 0.3 is 6.09 Å². The molecule has 2 heterocycles. The van der Waals surface area contributed by atoms with Crippen LogP contribution in [0.3, 0.4) is 0 Å². The van der Waals surface area contributed by atoms with Crippen molar-refractivity contribution in [1.29, 1.82) is 0 Å². The van der Waals surface area contributed by atoms with Crippen molar-refractivity contribution in [3.8, 4) is 0 Å². The molecule has 0 aromatic heterocycles. The normalized spacial score (nSPS) is 25.0. The lowest BCUT2D eigenvalue weighted by atomic mass is 9.91. The highest BCUT2D eigenvalue weighted by molar-refractivity contribution is 5.93. The maximum Gasteiger partial charge on any atom is 0.411 e. The third-order valence-electron chi connectivity index (χ3n) is 4.56. The summed E-state index contributed by atoms with van der Waals surface area (Å²) in [5.74, 6) is 0.0229. The van der Waals surface area contributed by atoms with Crippen LogP contribution in [-0.2, 0) is 9.53 Å². The van der Waals surface area contributed by atoms with Crippen molar-refractivity contribution in [3.63, 3.8) is 0 Å². The van der Waals surface area contributed by atoms with E-state index in [2.05, 4.69) is 0 Å². The second kappa shape index (κ2) is 5.55. The number of fused-ring (bicyclic) bond motifs is 1. The van der Waals surface area contributed by atoms with E-state index >= 15 is 0 Å². The minimum atomic E-state index is -0.543. The fourth-order valence-electron chi connectivity index (χ4n) is 3.49. The van der Waals surface area contributed by atoms with Gasteiger partial charge in [-0.1, -0.05) is 30.3 Å². The summed E-state index contributed by atoms with van der Waals surface area (Å²) < 4.78 is 5.42. The molecule has 0 bridgehead atoms. The zero-order valence-corrected chi connectivity index (χ0v) is 14.2. The summed E-state index contributed by atoms with van der Waals surface area (Å²) in [7, 11) is 0. The maximum absolute atomic E-state index is 12.6. The van der Waals surface area contributed by atoms with Crippen LogP contribution in [0.2, 0.25) is 0 Å². The molecule has 0 saturated carbocycles. The predicted molar refractivity (Wildman–Crippen MR) is 86.8 cm³/mol.